The minimum absolute atomic E-state index is 0.0324. The van der Waals surface area contributed by atoms with E-state index in [0.717, 1.165) is 22.4 Å². The smallest absolute Gasteiger partial charge is 0.223 e. The van der Waals surface area contributed by atoms with Crippen molar-refractivity contribution in [1.29, 1.82) is 0 Å². The van der Waals surface area contributed by atoms with Crippen LogP contribution in [0.1, 0.15) is 43.7 Å². The molecule has 0 spiro atoms. The van der Waals surface area contributed by atoms with E-state index in [1.165, 1.54) is 17.8 Å². The molecule has 0 saturated heterocycles. The maximum absolute atomic E-state index is 12.2. The van der Waals surface area contributed by atoms with E-state index in [9.17, 15) is 15.0 Å². The lowest BCUT2D eigenvalue weighted by Crippen LogP contribution is -2.15. The van der Waals surface area contributed by atoms with E-state index in [4.69, 9.17) is 0 Å². The predicted octanol–water partition coefficient (Wildman–Crippen LogP) is 5.78. The first-order chi connectivity index (χ1) is 15.7. The van der Waals surface area contributed by atoms with Crippen molar-refractivity contribution in [3.05, 3.63) is 118 Å². The molecule has 168 valence electrons. The van der Waals surface area contributed by atoms with E-state index in [2.05, 4.69) is 20.8 Å². The van der Waals surface area contributed by atoms with Crippen LogP contribution in [0, 0.1) is 0 Å². The minimum Gasteiger partial charge on any atom is -0.503 e. The summed E-state index contributed by atoms with van der Waals surface area (Å²) in [6.07, 6.45) is 0.878. The Morgan fingerprint density at radius 1 is 0.848 bits per heavy atom. The highest BCUT2D eigenvalue weighted by Gasteiger charge is 2.17. The topological polar surface area (TPSA) is 62.5 Å². The first-order valence-electron chi connectivity index (χ1n) is 11.1. The molecule has 1 heterocycles. The number of rotatable bonds is 5. The molecule has 4 rings (SSSR count). The quantitative estimate of drug-likeness (QED) is 0.414. The van der Waals surface area contributed by atoms with Gasteiger partial charge in [-0.05, 0) is 39.8 Å². The molecule has 4 aromatic rings. The van der Waals surface area contributed by atoms with Crippen LogP contribution in [0.2, 0.25) is 0 Å². The summed E-state index contributed by atoms with van der Waals surface area (Å²) in [6.45, 7) is 6.45. The van der Waals surface area contributed by atoms with Crippen molar-refractivity contribution >= 4 is 0 Å². The Labute approximate surface area is 194 Å². The van der Waals surface area contributed by atoms with E-state index in [1.54, 1.807) is 4.57 Å². The lowest BCUT2D eigenvalue weighted by molar-refractivity contribution is 0.176. The van der Waals surface area contributed by atoms with E-state index < -0.39 is 11.5 Å². The number of aliphatic hydroxyl groups excluding tert-OH is 1. The van der Waals surface area contributed by atoms with E-state index in [-0.39, 0.29) is 17.6 Å². The second-order valence-corrected chi connectivity index (χ2v) is 9.39. The van der Waals surface area contributed by atoms with Crippen LogP contribution in [0.4, 0.5) is 0 Å². The van der Waals surface area contributed by atoms with Crippen molar-refractivity contribution in [1.82, 2.24) is 4.57 Å². The summed E-state index contributed by atoms with van der Waals surface area (Å²) < 4.78 is 1.77. The molecule has 0 bridgehead atoms. The van der Waals surface area contributed by atoms with Crippen molar-refractivity contribution in [2.45, 2.75) is 38.7 Å². The third kappa shape index (κ3) is 5.07. The zero-order valence-electron chi connectivity index (χ0n) is 19.2. The van der Waals surface area contributed by atoms with Crippen molar-refractivity contribution in [2.75, 3.05) is 0 Å². The highest BCUT2D eigenvalue weighted by atomic mass is 16.3. The van der Waals surface area contributed by atoms with Crippen LogP contribution in [0.15, 0.2) is 95.9 Å². The van der Waals surface area contributed by atoms with Crippen LogP contribution in [0.5, 0.6) is 5.75 Å². The average molecular weight is 440 g/mol. The Kier molecular flexibility index (Phi) is 6.21. The molecule has 4 nitrogen and oxygen atoms in total. The Hall–Kier alpha value is -3.63. The Morgan fingerprint density at radius 2 is 1.52 bits per heavy atom. The third-order valence-electron chi connectivity index (χ3n) is 5.91. The molecular formula is C29H29NO3. The number of hydrogen-bond acceptors (Lipinski definition) is 3. The molecule has 0 fully saturated rings. The zero-order valence-corrected chi connectivity index (χ0v) is 19.2. The first-order valence-corrected chi connectivity index (χ1v) is 11.1. The summed E-state index contributed by atoms with van der Waals surface area (Å²) in [5.41, 5.74) is 5.07. The summed E-state index contributed by atoms with van der Waals surface area (Å²) in [5, 5.41) is 21.1. The summed E-state index contributed by atoms with van der Waals surface area (Å²) in [7, 11) is 0. The summed E-state index contributed by atoms with van der Waals surface area (Å²) in [6, 6.07) is 27.2. The number of hydrogen-bond donors (Lipinski definition) is 2. The molecule has 2 N–H and O–H groups in total. The van der Waals surface area contributed by atoms with Gasteiger partial charge in [0.25, 0.3) is 0 Å². The van der Waals surface area contributed by atoms with Gasteiger partial charge in [-0.2, -0.15) is 0 Å². The van der Waals surface area contributed by atoms with Gasteiger partial charge < -0.3 is 14.8 Å². The monoisotopic (exact) mass is 439 g/mol. The number of nitrogens with zero attached hydrogens (tertiary/aromatic N) is 1. The summed E-state index contributed by atoms with van der Waals surface area (Å²) in [4.78, 5) is 12.2. The molecule has 0 saturated carbocycles. The molecule has 1 atom stereocenters. The second kappa shape index (κ2) is 9.08. The Morgan fingerprint density at radius 3 is 2.18 bits per heavy atom. The van der Waals surface area contributed by atoms with Crippen LogP contribution < -0.4 is 5.43 Å². The van der Waals surface area contributed by atoms with Crippen LogP contribution in [0.3, 0.4) is 0 Å². The molecule has 0 aliphatic heterocycles. The van der Waals surface area contributed by atoms with Gasteiger partial charge in [0.1, 0.15) is 0 Å². The van der Waals surface area contributed by atoms with Gasteiger partial charge in [-0.3, -0.25) is 4.79 Å². The fourth-order valence-electron chi connectivity index (χ4n) is 3.95. The third-order valence-corrected chi connectivity index (χ3v) is 5.91. The number of pyridine rings is 1. The maximum atomic E-state index is 12.2. The molecule has 0 aliphatic carbocycles. The fourth-order valence-corrected chi connectivity index (χ4v) is 3.95. The fraction of sp³-hybridized carbons (Fsp3) is 0.207. The van der Waals surface area contributed by atoms with Crippen molar-refractivity contribution in [3.63, 3.8) is 0 Å². The van der Waals surface area contributed by atoms with Gasteiger partial charge in [-0.25, -0.2) is 0 Å². The molecule has 33 heavy (non-hydrogen) atoms. The molecular weight excluding hydrogens is 410 g/mol. The van der Waals surface area contributed by atoms with Crippen molar-refractivity contribution in [2.24, 2.45) is 0 Å². The largest absolute Gasteiger partial charge is 0.503 e. The van der Waals surface area contributed by atoms with E-state index in [1.807, 2.05) is 78.9 Å². The van der Waals surface area contributed by atoms with Crippen molar-refractivity contribution < 1.29 is 10.2 Å². The highest BCUT2D eigenvalue weighted by Crippen LogP contribution is 2.27. The van der Waals surface area contributed by atoms with Gasteiger partial charge in [-0.1, -0.05) is 87.5 Å². The van der Waals surface area contributed by atoms with Crippen LogP contribution >= 0.6 is 0 Å². The number of aliphatic hydroxyl groups is 1. The SMILES string of the molecule is CC(C)(C)c1ccc(C(O)Cc2cc(=O)c(O)cn2-c2cccc(-c3ccccc3)c2)cc1. The van der Waals surface area contributed by atoms with Gasteiger partial charge >= 0.3 is 0 Å². The number of aromatic hydroxyl groups is 1. The van der Waals surface area contributed by atoms with E-state index >= 15 is 0 Å². The van der Waals surface area contributed by atoms with Gasteiger partial charge in [-0.15, -0.1) is 0 Å². The molecule has 1 aromatic heterocycles. The van der Waals surface area contributed by atoms with Crippen LogP contribution in [0.25, 0.3) is 16.8 Å². The predicted molar refractivity (Wildman–Crippen MR) is 133 cm³/mol. The highest BCUT2D eigenvalue weighted by molar-refractivity contribution is 5.66. The normalized spacial score (nSPS) is 12.5. The van der Waals surface area contributed by atoms with Gasteiger partial charge in [0.2, 0.25) is 5.43 Å². The number of aromatic nitrogens is 1. The summed E-state index contributed by atoms with van der Waals surface area (Å²) >= 11 is 0. The molecule has 0 radical (unpaired) electrons. The minimum atomic E-state index is -0.786. The van der Waals surface area contributed by atoms with Crippen LogP contribution in [-0.2, 0) is 11.8 Å². The zero-order chi connectivity index (χ0) is 23.6. The summed E-state index contributed by atoms with van der Waals surface area (Å²) in [5.74, 6) is -0.326. The average Bonchev–Trinajstić information content (AvgIpc) is 2.81. The molecule has 0 aliphatic rings. The molecule has 0 amide bonds. The Bertz CT molecular complexity index is 1300. The number of benzene rings is 3. The van der Waals surface area contributed by atoms with Crippen molar-refractivity contribution in [3.8, 4) is 22.6 Å². The van der Waals surface area contributed by atoms with Gasteiger partial charge in [0, 0.05) is 23.9 Å². The second-order valence-electron chi connectivity index (χ2n) is 9.39. The van der Waals surface area contributed by atoms with Crippen LogP contribution in [-0.4, -0.2) is 14.8 Å². The molecule has 3 aromatic carbocycles. The van der Waals surface area contributed by atoms with Gasteiger partial charge in [0.05, 0.1) is 12.3 Å². The maximum Gasteiger partial charge on any atom is 0.223 e. The molecule has 4 heteroatoms. The van der Waals surface area contributed by atoms with Gasteiger partial charge in [0.15, 0.2) is 5.75 Å². The Balaban J connectivity index is 1.69. The molecule has 1 unspecified atom stereocenters. The first kappa shape index (κ1) is 22.6. The lowest BCUT2D eigenvalue weighted by Gasteiger charge is -2.21. The van der Waals surface area contributed by atoms with E-state index in [0.29, 0.717) is 5.69 Å². The standard InChI is InChI=1S/C29H29NO3/c1-29(2,3)23-14-12-21(13-15-23)26(31)17-25-18-27(32)28(33)19-30(25)24-11-7-10-22(16-24)20-8-5-4-6-9-20/h4-16,18-19,26,31,33H,17H2,1-3H3. The lowest BCUT2D eigenvalue weighted by atomic mass is 9.86.